The highest BCUT2D eigenvalue weighted by atomic mass is 16.5. The average Bonchev–Trinajstić information content (AvgIpc) is 3.13. The molecule has 0 radical (unpaired) electrons. The summed E-state index contributed by atoms with van der Waals surface area (Å²) >= 11 is 0. The Morgan fingerprint density at radius 3 is 2.77 bits per heavy atom. The highest BCUT2D eigenvalue weighted by Gasteiger charge is 2.35. The molecular weight excluding hydrogens is 332 g/mol. The molecule has 1 saturated heterocycles. The number of amides is 1. The normalized spacial score (nSPS) is 21.3. The minimum Gasteiger partial charge on any atom is -0.467 e. The summed E-state index contributed by atoms with van der Waals surface area (Å²) in [6.07, 6.45) is 4.03. The summed E-state index contributed by atoms with van der Waals surface area (Å²) in [7, 11) is 1.70. The molecule has 7 nitrogen and oxygen atoms in total. The fraction of sp³-hybridized carbons (Fsp3) is 0.684. The minimum atomic E-state index is -0.113. The molecule has 1 aliphatic rings. The summed E-state index contributed by atoms with van der Waals surface area (Å²) in [5.74, 6) is 1.66. The topological polar surface area (TPSA) is 87.9 Å². The van der Waals surface area contributed by atoms with Gasteiger partial charge in [-0.3, -0.25) is 9.79 Å². The fourth-order valence-electron chi connectivity index (χ4n) is 3.28. The summed E-state index contributed by atoms with van der Waals surface area (Å²) in [6.45, 7) is 8.79. The molecule has 2 heterocycles. The largest absolute Gasteiger partial charge is 0.467 e. The van der Waals surface area contributed by atoms with Gasteiger partial charge in [0.05, 0.1) is 25.5 Å². The Hall–Kier alpha value is -2.02. The number of hydrogen-bond acceptors (Lipinski definition) is 4. The molecule has 2 unspecified atom stereocenters. The molecule has 3 N–H and O–H groups in total. The van der Waals surface area contributed by atoms with Gasteiger partial charge in [0, 0.05) is 26.1 Å². The van der Waals surface area contributed by atoms with Gasteiger partial charge >= 0.3 is 0 Å². The van der Waals surface area contributed by atoms with Crippen LogP contribution in [0.25, 0.3) is 0 Å². The van der Waals surface area contributed by atoms with Gasteiger partial charge in [0.25, 0.3) is 0 Å². The Balaban J connectivity index is 1.73. The van der Waals surface area contributed by atoms with Crippen LogP contribution in [-0.4, -0.2) is 44.7 Å². The molecule has 0 aromatic carbocycles. The molecule has 1 aromatic heterocycles. The number of rotatable bonds is 6. The average molecular weight is 364 g/mol. The zero-order valence-corrected chi connectivity index (χ0v) is 16.3. The summed E-state index contributed by atoms with van der Waals surface area (Å²) in [5, 5.41) is 9.17. The molecule has 146 valence electrons. The Kier molecular flexibility index (Phi) is 7.50. The molecule has 0 bridgehead atoms. The van der Waals surface area contributed by atoms with Gasteiger partial charge in [-0.15, -0.1) is 0 Å². The molecule has 1 aliphatic heterocycles. The Morgan fingerprint density at radius 2 is 2.12 bits per heavy atom. The first-order valence-electron chi connectivity index (χ1n) is 9.25. The van der Waals surface area contributed by atoms with E-state index in [2.05, 4.69) is 41.7 Å². The lowest BCUT2D eigenvalue weighted by Gasteiger charge is -2.40. The van der Waals surface area contributed by atoms with Crippen LogP contribution >= 0.6 is 0 Å². The van der Waals surface area contributed by atoms with E-state index in [-0.39, 0.29) is 24.0 Å². The number of aliphatic imine (C=N–C) groups is 1. The molecule has 2 atom stereocenters. The molecule has 7 heteroatoms. The lowest BCUT2D eigenvalue weighted by molar-refractivity contribution is -0.120. The van der Waals surface area contributed by atoms with Crippen LogP contribution in [0.5, 0.6) is 0 Å². The predicted molar refractivity (Wildman–Crippen MR) is 102 cm³/mol. The van der Waals surface area contributed by atoms with Crippen LogP contribution in [-0.2, 0) is 16.1 Å². The van der Waals surface area contributed by atoms with Crippen molar-refractivity contribution >= 4 is 11.9 Å². The van der Waals surface area contributed by atoms with Gasteiger partial charge < -0.3 is 25.1 Å². The number of hydrogen-bond donors (Lipinski definition) is 3. The van der Waals surface area contributed by atoms with E-state index in [4.69, 9.17) is 9.15 Å². The summed E-state index contributed by atoms with van der Waals surface area (Å²) in [5.41, 5.74) is 0.107. The van der Waals surface area contributed by atoms with Gasteiger partial charge in [0.1, 0.15) is 5.76 Å². The number of carbonyl (C=O) groups is 1. The van der Waals surface area contributed by atoms with Crippen molar-refractivity contribution in [2.45, 2.75) is 46.3 Å². The number of nitrogens with one attached hydrogen (secondary N) is 3. The van der Waals surface area contributed by atoms with Crippen LogP contribution in [0.3, 0.4) is 0 Å². The first-order valence-corrected chi connectivity index (χ1v) is 9.25. The van der Waals surface area contributed by atoms with Crippen LogP contribution in [0.1, 0.15) is 39.4 Å². The predicted octanol–water partition coefficient (Wildman–Crippen LogP) is 1.90. The van der Waals surface area contributed by atoms with E-state index in [0.717, 1.165) is 31.8 Å². The second-order valence-corrected chi connectivity index (χ2v) is 7.72. The van der Waals surface area contributed by atoms with Gasteiger partial charge in [-0.1, -0.05) is 20.8 Å². The zero-order valence-electron chi connectivity index (χ0n) is 16.3. The van der Waals surface area contributed by atoms with Crippen molar-refractivity contribution in [3.63, 3.8) is 0 Å². The van der Waals surface area contributed by atoms with Gasteiger partial charge in [0.2, 0.25) is 5.91 Å². The molecule has 1 aromatic rings. The Labute approximate surface area is 156 Å². The number of ether oxygens (including phenoxy) is 1. The maximum atomic E-state index is 11.9. The van der Waals surface area contributed by atoms with Gasteiger partial charge in [-0.2, -0.15) is 0 Å². The second kappa shape index (κ2) is 9.62. The van der Waals surface area contributed by atoms with Gasteiger partial charge in [0.15, 0.2) is 5.96 Å². The summed E-state index contributed by atoms with van der Waals surface area (Å²) in [4.78, 5) is 16.1. The third kappa shape index (κ3) is 6.37. The smallest absolute Gasteiger partial charge is 0.239 e. The van der Waals surface area contributed by atoms with E-state index in [1.54, 1.807) is 19.4 Å². The molecule has 26 heavy (non-hydrogen) atoms. The second-order valence-electron chi connectivity index (χ2n) is 7.72. The number of furan rings is 1. The highest BCUT2D eigenvalue weighted by Crippen LogP contribution is 2.33. The maximum absolute atomic E-state index is 11.9. The Morgan fingerprint density at radius 1 is 1.31 bits per heavy atom. The summed E-state index contributed by atoms with van der Waals surface area (Å²) < 4.78 is 11.2. The quantitative estimate of drug-likeness (QED) is 0.530. The van der Waals surface area contributed by atoms with Crippen molar-refractivity contribution < 1.29 is 13.9 Å². The number of nitrogens with zero attached hydrogens (tertiary/aromatic N) is 1. The van der Waals surface area contributed by atoms with Crippen LogP contribution < -0.4 is 16.0 Å². The van der Waals surface area contributed by atoms with Crippen LogP contribution in [0.4, 0.5) is 0 Å². The van der Waals surface area contributed by atoms with Crippen LogP contribution in [0.2, 0.25) is 0 Å². The molecule has 0 aliphatic carbocycles. The van der Waals surface area contributed by atoms with E-state index >= 15 is 0 Å². The third-order valence-corrected chi connectivity index (χ3v) is 4.51. The van der Waals surface area contributed by atoms with Crippen molar-refractivity contribution in [3.05, 3.63) is 24.2 Å². The zero-order chi connectivity index (χ0) is 19.0. The maximum Gasteiger partial charge on any atom is 0.239 e. The molecule has 1 fully saturated rings. The van der Waals surface area contributed by atoms with Crippen molar-refractivity contribution in [2.75, 3.05) is 26.7 Å². The summed E-state index contributed by atoms with van der Waals surface area (Å²) in [6, 6.07) is 3.62. The molecular formula is C19H32N4O3. The van der Waals surface area contributed by atoms with E-state index in [0.29, 0.717) is 18.4 Å². The van der Waals surface area contributed by atoms with Crippen molar-refractivity contribution in [2.24, 2.45) is 16.3 Å². The number of carbonyl (C=O) groups excluding carboxylic acids is 1. The lowest BCUT2D eigenvalue weighted by atomic mass is 9.78. The standard InChI is InChI=1S/C19H32N4O3/c1-19(2,3)17-14(7-5-10-26-17)11-22-18(20-4)23-13-16(24)21-12-15-8-6-9-25-15/h6,8-9,14,17H,5,7,10-13H2,1-4H3,(H,21,24)(H2,20,22,23). The first kappa shape index (κ1) is 20.3. The first-order chi connectivity index (χ1) is 12.4. The van der Waals surface area contributed by atoms with E-state index in [9.17, 15) is 4.79 Å². The van der Waals surface area contributed by atoms with Gasteiger partial charge in [-0.25, -0.2) is 0 Å². The van der Waals surface area contributed by atoms with Crippen molar-refractivity contribution in [3.8, 4) is 0 Å². The highest BCUT2D eigenvalue weighted by molar-refractivity contribution is 5.86. The van der Waals surface area contributed by atoms with Crippen LogP contribution in [0, 0.1) is 11.3 Å². The van der Waals surface area contributed by atoms with E-state index < -0.39 is 0 Å². The van der Waals surface area contributed by atoms with E-state index in [1.807, 2.05) is 6.07 Å². The van der Waals surface area contributed by atoms with Crippen molar-refractivity contribution in [1.82, 2.24) is 16.0 Å². The van der Waals surface area contributed by atoms with E-state index in [1.165, 1.54) is 0 Å². The van der Waals surface area contributed by atoms with Crippen molar-refractivity contribution in [1.29, 1.82) is 0 Å². The third-order valence-electron chi connectivity index (χ3n) is 4.51. The van der Waals surface area contributed by atoms with Gasteiger partial charge in [-0.05, 0) is 30.4 Å². The number of guanidine groups is 1. The monoisotopic (exact) mass is 364 g/mol. The lowest BCUT2D eigenvalue weighted by Crippen LogP contribution is -2.48. The van der Waals surface area contributed by atoms with Crippen LogP contribution in [0.15, 0.2) is 27.8 Å². The fourth-order valence-corrected chi connectivity index (χ4v) is 3.28. The SMILES string of the molecule is CN=C(NCC(=O)NCc1ccco1)NCC1CCCOC1C(C)(C)C. The molecule has 0 saturated carbocycles. The molecule has 1 amide bonds. The molecule has 2 rings (SSSR count). The minimum absolute atomic E-state index is 0.107. The molecule has 0 spiro atoms. The Bertz CT molecular complexity index is 578.